The van der Waals surface area contributed by atoms with E-state index in [0.29, 0.717) is 0 Å². The van der Waals surface area contributed by atoms with Gasteiger partial charge < -0.3 is 10.3 Å². The van der Waals surface area contributed by atoms with E-state index in [-0.39, 0.29) is 0 Å². The average Bonchev–Trinajstić information content (AvgIpc) is 2.62. The van der Waals surface area contributed by atoms with Crippen LogP contribution in [0.1, 0.15) is 18.4 Å². The number of aromatic nitrogens is 1. The Kier molecular flexibility index (Phi) is 3.52. The van der Waals surface area contributed by atoms with Crippen LogP contribution in [0.4, 0.5) is 0 Å². The average molecular weight is 237 g/mol. The second-order valence-electron chi connectivity index (χ2n) is 4.18. The molecule has 0 bridgehead atoms. The number of nitrogens with zero attached hydrogens (tertiary/aromatic N) is 1. The van der Waals surface area contributed by atoms with Gasteiger partial charge in [-0.3, -0.25) is 0 Å². The molecule has 0 radical (unpaired) electrons. The van der Waals surface area contributed by atoms with Gasteiger partial charge in [0.2, 0.25) is 0 Å². The van der Waals surface area contributed by atoms with Crippen LogP contribution < -0.4 is 5.73 Å². The number of hydrogen-bond donors (Lipinski definition) is 1. The van der Waals surface area contributed by atoms with Crippen LogP contribution in [0.15, 0.2) is 24.4 Å². The van der Waals surface area contributed by atoms with Crippen LogP contribution in [-0.4, -0.2) is 11.1 Å². The molecule has 0 aliphatic heterocycles. The van der Waals surface area contributed by atoms with Crippen molar-refractivity contribution in [3.63, 3.8) is 0 Å². The third-order valence-electron chi connectivity index (χ3n) is 2.93. The second kappa shape index (κ2) is 4.89. The molecule has 1 heterocycles. The third-order valence-corrected chi connectivity index (χ3v) is 3.24. The molecule has 2 rings (SSSR count). The normalized spacial score (nSPS) is 11.2. The third kappa shape index (κ3) is 2.23. The summed E-state index contributed by atoms with van der Waals surface area (Å²) in [7, 11) is 2.04. The maximum absolute atomic E-state index is 6.25. The van der Waals surface area contributed by atoms with E-state index in [1.54, 1.807) is 0 Å². The van der Waals surface area contributed by atoms with E-state index in [0.717, 1.165) is 36.2 Å². The summed E-state index contributed by atoms with van der Waals surface area (Å²) >= 11 is 6.25. The van der Waals surface area contributed by atoms with E-state index >= 15 is 0 Å². The minimum atomic E-state index is 0.764. The van der Waals surface area contributed by atoms with Crippen molar-refractivity contribution in [2.75, 3.05) is 6.54 Å². The molecule has 0 amide bonds. The van der Waals surface area contributed by atoms with E-state index in [9.17, 15) is 0 Å². The number of fused-ring (bicyclic) bond motifs is 1. The SMILES string of the molecule is Cn1ccc2c(Cl)cc(CCCCN)cc21. The van der Waals surface area contributed by atoms with Gasteiger partial charge >= 0.3 is 0 Å². The fourth-order valence-electron chi connectivity index (χ4n) is 2.00. The van der Waals surface area contributed by atoms with Gasteiger partial charge in [0.25, 0.3) is 0 Å². The Hall–Kier alpha value is -0.990. The highest BCUT2D eigenvalue weighted by molar-refractivity contribution is 6.35. The summed E-state index contributed by atoms with van der Waals surface area (Å²) in [6, 6.07) is 6.35. The molecule has 0 fully saturated rings. The molecular weight excluding hydrogens is 220 g/mol. The Morgan fingerprint density at radius 1 is 1.31 bits per heavy atom. The Labute approximate surface area is 101 Å². The summed E-state index contributed by atoms with van der Waals surface area (Å²) in [5.41, 5.74) is 7.99. The van der Waals surface area contributed by atoms with E-state index in [4.69, 9.17) is 17.3 Å². The lowest BCUT2D eigenvalue weighted by Gasteiger charge is -2.04. The van der Waals surface area contributed by atoms with Gasteiger partial charge in [0.15, 0.2) is 0 Å². The summed E-state index contributed by atoms with van der Waals surface area (Å²) in [6.07, 6.45) is 5.30. The lowest BCUT2D eigenvalue weighted by molar-refractivity contribution is 0.745. The molecule has 0 saturated carbocycles. The highest BCUT2D eigenvalue weighted by Gasteiger charge is 2.05. The number of rotatable bonds is 4. The Morgan fingerprint density at radius 3 is 2.88 bits per heavy atom. The van der Waals surface area contributed by atoms with Crippen LogP contribution in [0, 0.1) is 0 Å². The van der Waals surface area contributed by atoms with Crippen molar-refractivity contribution >= 4 is 22.5 Å². The molecule has 16 heavy (non-hydrogen) atoms. The Morgan fingerprint density at radius 2 is 2.12 bits per heavy atom. The van der Waals surface area contributed by atoms with Gasteiger partial charge in [-0.2, -0.15) is 0 Å². The molecule has 0 spiro atoms. The number of nitrogens with two attached hydrogens (primary N) is 1. The smallest absolute Gasteiger partial charge is 0.0502 e. The van der Waals surface area contributed by atoms with Gasteiger partial charge in [0.1, 0.15) is 0 Å². The van der Waals surface area contributed by atoms with Crippen molar-refractivity contribution in [2.24, 2.45) is 12.8 Å². The summed E-state index contributed by atoms with van der Waals surface area (Å²) in [5, 5.41) is 1.98. The zero-order valence-corrected chi connectivity index (χ0v) is 10.3. The Balaban J connectivity index is 2.29. The number of unbranched alkanes of at least 4 members (excludes halogenated alkanes) is 1. The van der Waals surface area contributed by atoms with E-state index in [2.05, 4.69) is 22.8 Å². The molecule has 0 aliphatic carbocycles. The van der Waals surface area contributed by atoms with Gasteiger partial charge in [0.05, 0.1) is 5.02 Å². The van der Waals surface area contributed by atoms with Crippen LogP contribution >= 0.6 is 11.6 Å². The standard InChI is InChI=1S/C13H17ClN2/c1-16-7-5-11-12(14)8-10(9-13(11)16)4-2-3-6-15/h5,7-9H,2-4,6,15H2,1H3. The number of benzene rings is 1. The molecular formula is C13H17ClN2. The quantitative estimate of drug-likeness (QED) is 0.813. The first-order valence-electron chi connectivity index (χ1n) is 5.66. The first-order valence-corrected chi connectivity index (χ1v) is 6.03. The predicted octanol–water partition coefficient (Wildman–Crippen LogP) is 3.11. The van der Waals surface area contributed by atoms with Crippen LogP contribution in [0.2, 0.25) is 5.02 Å². The maximum Gasteiger partial charge on any atom is 0.0502 e. The Bertz CT molecular complexity index is 488. The summed E-state index contributed by atoms with van der Waals surface area (Å²) < 4.78 is 2.10. The number of aryl methyl sites for hydroxylation is 2. The van der Waals surface area contributed by atoms with E-state index in [1.165, 1.54) is 11.1 Å². The van der Waals surface area contributed by atoms with Crippen molar-refractivity contribution in [1.82, 2.24) is 4.57 Å². The van der Waals surface area contributed by atoms with E-state index < -0.39 is 0 Å². The molecule has 1 aromatic heterocycles. The molecule has 0 saturated heterocycles. The minimum Gasteiger partial charge on any atom is -0.350 e. The molecule has 2 nitrogen and oxygen atoms in total. The molecule has 0 aliphatic rings. The molecule has 2 N–H and O–H groups in total. The number of hydrogen-bond acceptors (Lipinski definition) is 1. The van der Waals surface area contributed by atoms with Gasteiger partial charge in [-0.1, -0.05) is 11.6 Å². The molecule has 2 aromatic rings. The van der Waals surface area contributed by atoms with Crippen molar-refractivity contribution in [3.8, 4) is 0 Å². The zero-order valence-electron chi connectivity index (χ0n) is 9.54. The van der Waals surface area contributed by atoms with Crippen LogP contribution in [-0.2, 0) is 13.5 Å². The topological polar surface area (TPSA) is 30.9 Å². The van der Waals surface area contributed by atoms with Crippen molar-refractivity contribution in [3.05, 3.63) is 35.0 Å². The van der Waals surface area contributed by atoms with Gasteiger partial charge in [0, 0.05) is 24.1 Å². The van der Waals surface area contributed by atoms with Crippen molar-refractivity contribution in [2.45, 2.75) is 19.3 Å². The zero-order chi connectivity index (χ0) is 11.5. The van der Waals surface area contributed by atoms with Gasteiger partial charge in [-0.15, -0.1) is 0 Å². The van der Waals surface area contributed by atoms with Crippen molar-refractivity contribution in [1.29, 1.82) is 0 Å². The van der Waals surface area contributed by atoms with Crippen LogP contribution in [0.25, 0.3) is 10.9 Å². The van der Waals surface area contributed by atoms with Crippen molar-refractivity contribution < 1.29 is 0 Å². The minimum absolute atomic E-state index is 0.764. The van der Waals surface area contributed by atoms with Crippen LogP contribution in [0.5, 0.6) is 0 Å². The van der Waals surface area contributed by atoms with E-state index in [1.807, 2.05) is 13.2 Å². The largest absolute Gasteiger partial charge is 0.350 e. The molecule has 3 heteroatoms. The summed E-state index contributed by atoms with van der Waals surface area (Å²) in [6.45, 7) is 0.764. The van der Waals surface area contributed by atoms with Gasteiger partial charge in [-0.05, 0) is 49.6 Å². The first kappa shape index (κ1) is 11.5. The molecule has 1 aromatic carbocycles. The van der Waals surface area contributed by atoms with Crippen LogP contribution in [0.3, 0.4) is 0 Å². The lowest BCUT2D eigenvalue weighted by atomic mass is 10.1. The molecule has 86 valence electrons. The lowest BCUT2D eigenvalue weighted by Crippen LogP contribution is -1.99. The first-order chi connectivity index (χ1) is 7.72. The summed E-state index contributed by atoms with van der Waals surface area (Å²) in [4.78, 5) is 0. The second-order valence-corrected chi connectivity index (χ2v) is 4.59. The monoisotopic (exact) mass is 236 g/mol. The highest BCUT2D eigenvalue weighted by Crippen LogP contribution is 2.26. The molecule has 0 atom stereocenters. The maximum atomic E-state index is 6.25. The van der Waals surface area contributed by atoms with Gasteiger partial charge in [-0.25, -0.2) is 0 Å². The summed E-state index contributed by atoms with van der Waals surface area (Å²) in [5.74, 6) is 0. The highest BCUT2D eigenvalue weighted by atomic mass is 35.5. The fourth-order valence-corrected chi connectivity index (χ4v) is 2.30. The number of halogens is 1. The predicted molar refractivity (Wildman–Crippen MR) is 69.9 cm³/mol. The fraction of sp³-hybridized carbons (Fsp3) is 0.385. The molecule has 0 unspecified atom stereocenters.